The highest BCUT2D eigenvalue weighted by Crippen LogP contribution is 2.31. The van der Waals surface area contributed by atoms with E-state index < -0.39 is 36.2 Å². The molecule has 2 fully saturated rings. The van der Waals surface area contributed by atoms with Gasteiger partial charge in [0, 0.05) is 57.3 Å². The maximum atomic E-state index is 15.0. The lowest BCUT2D eigenvalue weighted by Crippen LogP contribution is -2.38. The van der Waals surface area contributed by atoms with E-state index in [1.807, 2.05) is 22.5 Å². The van der Waals surface area contributed by atoms with Crippen molar-refractivity contribution in [2.45, 2.75) is 19.1 Å². The van der Waals surface area contributed by atoms with E-state index in [1.165, 1.54) is 0 Å². The Morgan fingerprint density at radius 1 is 1.23 bits per heavy atom. The molecule has 13 heteroatoms. The second-order valence-electron chi connectivity index (χ2n) is 8.10. The average molecular weight is 496 g/mol. The van der Waals surface area contributed by atoms with Gasteiger partial charge in [0.15, 0.2) is 11.6 Å². The van der Waals surface area contributed by atoms with E-state index in [0.717, 1.165) is 22.6 Å². The molecule has 0 aliphatic carbocycles. The van der Waals surface area contributed by atoms with E-state index in [1.54, 1.807) is 17.3 Å². The van der Waals surface area contributed by atoms with Crippen LogP contribution in [-0.4, -0.2) is 73.8 Å². The summed E-state index contributed by atoms with van der Waals surface area (Å²) in [6.07, 6.45) is -1.58. The zero-order valence-corrected chi connectivity index (χ0v) is 18.6. The Kier molecular flexibility index (Phi) is 7.66. The van der Waals surface area contributed by atoms with Crippen LogP contribution in [0.25, 0.3) is 0 Å². The molecular formula is C22H24F4N6O3. The van der Waals surface area contributed by atoms with Gasteiger partial charge in [0.1, 0.15) is 11.8 Å². The highest BCUT2D eigenvalue weighted by Gasteiger charge is 2.34. The maximum Gasteiger partial charge on any atom is 0.414 e. The van der Waals surface area contributed by atoms with E-state index >= 15 is 8.78 Å². The smallest absolute Gasteiger partial charge is 0.414 e. The molecule has 2 saturated heterocycles. The molecule has 35 heavy (non-hydrogen) atoms. The molecule has 2 aromatic rings. The zero-order chi connectivity index (χ0) is 24.9. The molecule has 2 amide bonds. The quantitative estimate of drug-likeness (QED) is 0.566. The van der Waals surface area contributed by atoms with E-state index in [9.17, 15) is 18.4 Å². The van der Waals surface area contributed by atoms with E-state index in [0.29, 0.717) is 32.7 Å². The van der Waals surface area contributed by atoms with Crippen LogP contribution in [-0.2, 0) is 16.1 Å². The molecule has 1 atom stereocenters. The summed E-state index contributed by atoms with van der Waals surface area (Å²) >= 11 is 0. The first kappa shape index (κ1) is 24.7. The SMILES string of the molecule is O=C(NCC1CN(c2cc(F)c(N3CCNN(Cc4cccnc4)CC3)c(F)c2)C(=O)O1)C(F)F. The number of pyridine rings is 1. The van der Waals surface area contributed by atoms with Crippen molar-refractivity contribution in [1.29, 1.82) is 0 Å². The standard InChI is InChI=1S/C22H24F4N6O3/c23-17-8-15(32-13-16(35-22(32)34)11-28-21(33)20(25)26)9-18(24)19(17)30-5-4-29-31(7-6-30)12-14-2-1-3-27-10-14/h1-3,8-10,16,20,29H,4-7,11-13H2,(H,28,33). The molecule has 0 radical (unpaired) electrons. The van der Waals surface area contributed by atoms with Gasteiger partial charge in [0.05, 0.1) is 18.8 Å². The molecule has 4 rings (SSSR count). The maximum absolute atomic E-state index is 15.0. The Bertz CT molecular complexity index is 1040. The Hall–Kier alpha value is -3.45. The summed E-state index contributed by atoms with van der Waals surface area (Å²) in [5.41, 5.74) is 3.97. The molecule has 0 saturated carbocycles. The number of rotatable bonds is 7. The van der Waals surface area contributed by atoms with Gasteiger partial charge in [0.2, 0.25) is 0 Å². The van der Waals surface area contributed by atoms with Crippen LogP contribution >= 0.6 is 0 Å². The molecule has 1 unspecified atom stereocenters. The largest absolute Gasteiger partial charge is 0.442 e. The fourth-order valence-electron chi connectivity index (χ4n) is 3.99. The van der Waals surface area contributed by atoms with Gasteiger partial charge in [-0.2, -0.15) is 8.78 Å². The summed E-state index contributed by atoms with van der Waals surface area (Å²) < 4.78 is 59.8. The summed E-state index contributed by atoms with van der Waals surface area (Å²) in [6.45, 7) is 1.77. The minimum absolute atomic E-state index is 0.0670. The lowest BCUT2D eigenvalue weighted by Gasteiger charge is -2.25. The number of nitrogens with zero attached hydrogens (tertiary/aromatic N) is 4. The van der Waals surface area contributed by atoms with Crippen LogP contribution in [0.4, 0.5) is 33.7 Å². The summed E-state index contributed by atoms with van der Waals surface area (Å²) in [7, 11) is 0. The normalized spacial score (nSPS) is 19.1. The summed E-state index contributed by atoms with van der Waals surface area (Å²) in [5.74, 6) is -3.18. The summed E-state index contributed by atoms with van der Waals surface area (Å²) in [6, 6.07) is 5.84. The van der Waals surface area contributed by atoms with Crippen molar-refractivity contribution >= 4 is 23.4 Å². The van der Waals surface area contributed by atoms with Crippen LogP contribution in [0, 0.1) is 11.6 Å². The third-order valence-corrected chi connectivity index (χ3v) is 5.66. The fraction of sp³-hybridized carbons (Fsp3) is 0.409. The van der Waals surface area contributed by atoms with Crippen LogP contribution in [0.2, 0.25) is 0 Å². The lowest BCUT2D eigenvalue weighted by atomic mass is 10.2. The number of hydrogen-bond donors (Lipinski definition) is 2. The van der Waals surface area contributed by atoms with Gasteiger partial charge in [-0.1, -0.05) is 6.07 Å². The van der Waals surface area contributed by atoms with Crippen LogP contribution in [0.15, 0.2) is 36.7 Å². The number of aromatic nitrogens is 1. The van der Waals surface area contributed by atoms with Gasteiger partial charge in [-0.15, -0.1) is 0 Å². The number of carbonyl (C=O) groups is 2. The first-order valence-corrected chi connectivity index (χ1v) is 11.0. The van der Waals surface area contributed by atoms with Gasteiger partial charge >= 0.3 is 12.5 Å². The van der Waals surface area contributed by atoms with Crippen LogP contribution < -0.4 is 20.5 Å². The number of carbonyl (C=O) groups excluding carboxylic acids is 2. The molecule has 188 valence electrons. The fourth-order valence-corrected chi connectivity index (χ4v) is 3.99. The number of amides is 2. The number of hydrogen-bond acceptors (Lipinski definition) is 7. The lowest BCUT2D eigenvalue weighted by molar-refractivity contribution is -0.132. The molecule has 1 aromatic heterocycles. The van der Waals surface area contributed by atoms with Crippen molar-refractivity contribution in [3.05, 3.63) is 53.9 Å². The molecule has 3 heterocycles. The van der Waals surface area contributed by atoms with Crippen LogP contribution in [0.3, 0.4) is 0 Å². The molecular weight excluding hydrogens is 472 g/mol. The second-order valence-corrected chi connectivity index (χ2v) is 8.10. The van der Waals surface area contributed by atoms with E-state index in [-0.39, 0.29) is 24.5 Å². The molecule has 0 bridgehead atoms. The second kappa shape index (κ2) is 10.9. The van der Waals surface area contributed by atoms with Crippen molar-refractivity contribution < 1.29 is 31.9 Å². The first-order valence-electron chi connectivity index (χ1n) is 11.0. The minimum atomic E-state index is -3.20. The van der Waals surface area contributed by atoms with Gasteiger partial charge in [-0.25, -0.2) is 18.6 Å². The number of nitrogens with one attached hydrogen (secondary N) is 2. The summed E-state index contributed by atoms with van der Waals surface area (Å²) in [4.78, 5) is 29.9. The molecule has 2 aliphatic rings. The highest BCUT2D eigenvalue weighted by molar-refractivity contribution is 5.90. The van der Waals surface area contributed by atoms with Crippen LogP contribution in [0.1, 0.15) is 5.56 Å². The van der Waals surface area contributed by atoms with Crippen LogP contribution in [0.5, 0.6) is 0 Å². The number of benzene rings is 1. The van der Waals surface area contributed by atoms with Gasteiger partial charge in [-0.05, 0) is 11.6 Å². The number of ether oxygens (including phenoxy) is 1. The Morgan fingerprint density at radius 2 is 2.00 bits per heavy atom. The van der Waals surface area contributed by atoms with Crippen molar-refractivity contribution in [3.63, 3.8) is 0 Å². The number of alkyl halides is 2. The van der Waals surface area contributed by atoms with Crippen molar-refractivity contribution in [2.75, 3.05) is 49.1 Å². The molecule has 2 N–H and O–H groups in total. The topological polar surface area (TPSA) is 90.0 Å². The molecule has 1 aromatic carbocycles. The predicted octanol–water partition coefficient (Wildman–Crippen LogP) is 1.89. The third-order valence-electron chi connectivity index (χ3n) is 5.66. The van der Waals surface area contributed by atoms with Gasteiger partial charge in [0.25, 0.3) is 5.91 Å². The molecule has 0 spiro atoms. The van der Waals surface area contributed by atoms with Gasteiger partial charge < -0.3 is 15.0 Å². The summed E-state index contributed by atoms with van der Waals surface area (Å²) in [5, 5.41) is 3.91. The molecule has 2 aliphatic heterocycles. The van der Waals surface area contributed by atoms with E-state index in [2.05, 4.69) is 10.4 Å². The van der Waals surface area contributed by atoms with Crippen molar-refractivity contribution in [2.24, 2.45) is 0 Å². The average Bonchev–Trinajstić information content (AvgIpc) is 3.05. The highest BCUT2D eigenvalue weighted by atomic mass is 19.3. The van der Waals surface area contributed by atoms with Gasteiger partial charge in [-0.3, -0.25) is 20.1 Å². The predicted molar refractivity (Wildman–Crippen MR) is 118 cm³/mol. The third kappa shape index (κ3) is 5.98. The molecule has 9 nitrogen and oxygen atoms in total. The Balaban J connectivity index is 1.40. The Morgan fingerprint density at radius 3 is 2.69 bits per heavy atom. The number of cyclic esters (lactones) is 1. The van der Waals surface area contributed by atoms with Crippen molar-refractivity contribution in [1.82, 2.24) is 20.7 Å². The number of anilines is 2. The number of halogens is 4. The minimum Gasteiger partial charge on any atom is -0.442 e. The number of hydrazine groups is 1. The first-order chi connectivity index (χ1) is 16.8. The van der Waals surface area contributed by atoms with Crippen molar-refractivity contribution in [3.8, 4) is 0 Å². The van der Waals surface area contributed by atoms with E-state index in [4.69, 9.17) is 4.74 Å². The zero-order valence-electron chi connectivity index (χ0n) is 18.6. The monoisotopic (exact) mass is 496 g/mol. The Labute approximate surface area is 198 Å².